The molecule has 6 heteroatoms. The average Bonchev–Trinajstić information content (AvgIpc) is 2.85. The van der Waals surface area contributed by atoms with Crippen LogP contribution in [0, 0.1) is 11.7 Å². The molecule has 0 aliphatic carbocycles. The number of carbonyl (C=O) groups excluding carboxylic acids is 2. The third-order valence-electron chi connectivity index (χ3n) is 6.55. The minimum atomic E-state index is -0.238. The molecule has 2 aliphatic rings. The fourth-order valence-corrected chi connectivity index (χ4v) is 4.90. The summed E-state index contributed by atoms with van der Waals surface area (Å²) < 4.78 is 18.9. The first-order chi connectivity index (χ1) is 16.1. The maximum absolute atomic E-state index is 13.5. The number of nitrogens with one attached hydrogen (secondary N) is 1. The van der Waals surface area contributed by atoms with Gasteiger partial charge in [-0.05, 0) is 60.2 Å². The number of halogens is 1. The number of ether oxygens (including phenoxy) is 1. The van der Waals surface area contributed by atoms with E-state index in [2.05, 4.69) is 17.4 Å². The number of rotatable bonds is 4. The number of amides is 2. The lowest BCUT2D eigenvalue weighted by Gasteiger charge is -2.37. The molecule has 0 unspecified atom stereocenters. The van der Waals surface area contributed by atoms with E-state index >= 15 is 0 Å². The quantitative estimate of drug-likeness (QED) is 0.626. The van der Waals surface area contributed by atoms with Crippen molar-refractivity contribution in [3.63, 3.8) is 0 Å². The second-order valence-corrected chi connectivity index (χ2v) is 8.62. The molecule has 1 saturated heterocycles. The number of piperidine rings is 1. The van der Waals surface area contributed by atoms with E-state index in [1.54, 1.807) is 18.2 Å². The molecule has 2 aliphatic heterocycles. The van der Waals surface area contributed by atoms with Crippen LogP contribution in [0.5, 0.6) is 5.75 Å². The largest absolute Gasteiger partial charge is 0.482 e. The van der Waals surface area contributed by atoms with Gasteiger partial charge in [-0.25, -0.2) is 4.39 Å². The van der Waals surface area contributed by atoms with Crippen molar-refractivity contribution in [3.8, 4) is 5.75 Å². The molecule has 1 fully saturated rings. The van der Waals surface area contributed by atoms with Crippen LogP contribution in [0.25, 0.3) is 0 Å². The Morgan fingerprint density at radius 1 is 0.970 bits per heavy atom. The van der Waals surface area contributed by atoms with Crippen molar-refractivity contribution in [3.05, 3.63) is 95.3 Å². The lowest BCUT2D eigenvalue weighted by atomic mass is 9.76. The molecule has 33 heavy (non-hydrogen) atoms. The summed E-state index contributed by atoms with van der Waals surface area (Å²) in [6.07, 6.45) is 1.71. The number of fused-ring (bicyclic) bond motifs is 1. The van der Waals surface area contributed by atoms with Gasteiger partial charge in [0.05, 0.1) is 5.69 Å². The van der Waals surface area contributed by atoms with Gasteiger partial charge in [0, 0.05) is 24.6 Å². The molecule has 2 amide bonds. The molecule has 0 spiro atoms. The van der Waals surface area contributed by atoms with Crippen LogP contribution in [-0.2, 0) is 4.79 Å². The standard InChI is InChI=1S/C27H25FN2O3/c28-22-9-6-19(7-10-22)26(18-4-2-1-3-5-18)20-12-14-30(15-13-20)27(32)21-8-11-24-23(16-21)29-25(31)17-33-24/h1-11,16,20,26H,12-15,17H2,(H,29,31)/t26-/m0/s1. The first-order valence-corrected chi connectivity index (χ1v) is 11.2. The van der Waals surface area contributed by atoms with Crippen LogP contribution in [0.1, 0.15) is 40.2 Å². The summed E-state index contributed by atoms with van der Waals surface area (Å²) in [5, 5.41) is 2.76. The van der Waals surface area contributed by atoms with Crippen molar-refractivity contribution in [2.45, 2.75) is 18.8 Å². The Balaban J connectivity index is 1.32. The third-order valence-corrected chi connectivity index (χ3v) is 6.55. The monoisotopic (exact) mass is 444 g/mol. The molecule has 1 atom stereocenters. The van der Waals surface area contributed by atoms with Crippen LogP contribution in [0.3, 0.4) is 0 Å². The van der Waals surface area contributed by atoms with Gasteiger partial charge in [-0.3, -0.25) is 9.59 Å². The van der Waals surface area contributed by atoms with Crippen molar-refractivity contribution in [2.24, 2.45) is 5.92 Å². The number of likely N-dealkylation sites (tertiary alicyclic amines) is 1. The third kappa shape index (κ3) is 4.46. The number of hydrogen-bond acceptors (Lipinski definition) is 3. The molecule has 1 N–H and O–H groups in total. The van der Waals surface area contributed by atoms with Crippen molar-refractivity contribution < 1.29 is 18.7 Å². The normalized spacial score (nSPS) is 17.0. The Bertz CT molecular complexity index is 1160. The molecule has 0 saturated carbocycles. The fourth-order valence-electron chi connectivity index (χ4n) is 4.90. The summed E-state index contributed by atoms with van der Waals surface area (Å²) in [6, 6.07) is 22.2. The number of benzene rings is 3. The number of carbonyl (C=O) groups is 2. The zero-order valence-corrected chi connectivity index (χ0v) is 18.2. The minimum Gasteiger partial charge on any atom is -0.482 e. The van der Waals surface area contributed by atoms with Gasteiger partial charge in [0.25, 0.3) is 11.8 Å². The smallest absolute Gasteiger partial charge is 0.262 e. The Morgan fingerprint density at radius 3 is 2.39 bits per heavy atom. The van der Waals surface area contributed by atoms with E-state index in [-0.39, 0.29) is 30.2 Å². The first kappa shape index (κ1) is 21.2. The van der Waals surface area contributed by atoms with Gasteiger partial charge in [0.2, 0.25) is 0 Å². The predicted octanol–water partition coefficient (Wildman–Crippen LogP) is 4.84. The van der Waals surface area contributed by atoms with E-state index in [9.17, 15) is 14.0 Å². The Morgan fingerprint density at radius 2 is 1.67 bits per heavy atom. The van der Waals surface area contributed by atoms with Crippen molar-refractivity contribution >= 4 is 17.5 Å². The zero-order chi connectivity index (χ0) is 22.8. The zero-order valence-electron chi connectivity index (χ0n) is 18.2. The molecule has 3 aromatic rings. The van der Waals surface area contributed by atoms with Gasteiger partial charge in [-0.1, -0.05) is 42.5 Å². The van der Waals surface area contributed by atoms with Crippen LogP contribution in [0.4, 0.5) is 10.1 Å². The highest BCUT2D eigenvalue weighted by atomic mass is 19.1. The van der Waals surface area contributed by atoms with Gasteiger partial charge in [-0.15, -0.1) is 0 Å². The maximum atomic E-state index is 13.5. The molecule has 0 radical (unpaired) electrons. The summed E-state index contributed by atoms with van der Waals surface area (Å²) in [5.74, 6) is 0.570. The van der Waals surface area contributed by atoms with Gasteiger partial charge in [0.15, 0.2) is 6.61 Å². The van der Waals surface area contributed by atoms with E-state index in [4.69, 9.17) is 4.74 Å². The summed E-state index contributed by atoms with van der Waals surface area (Å²) in [7, 11) is 0. The summed E-state index contributed by atoms with van der Waals surface area (Å²) in [6.45, 7) is 1.28. The molecule has 0 aromatic heterocycles. The highest BCUT2D eigenvalue weighted by Crippen LogP contribution is 2.38. The lowest BCUT2D eigenvalue weighted by Crippen LogP contribution is -2.40. The van der Waals surface area contributed by atoms with Crippen molar-refractivity contribution in [2.75, 3.05) is 25.0 Å². The van der Waals surface area contributed by atoms with Gasteiger partial charge >= 0.3 is 0 Å². The van der Waals surface area contributed by atoms with E-state index in [1.165, 1.54) is 17.7 Å². The Kier molecular flexibility index (Phi) is 5.82. The first-order valence-electron chi connectivity index (χ1n) is 11.2. The van der Waals surface area contributed by atoms with Crippen LogP contribution in [0.15, 0.2) is 72.8 Å². The molecule has 5 nitrogen and oxygen atoms in total. The van der Waals surface area contributed by atoms with Crippen LogP contribution in [0.2, 0.25) is 0 Å². The Hall–Kier alpha value is -3.67. The van der Waals surface area contributed by atoms with Crippen LogP contribution >= 0.6 is 0 Å². The molecule has 2 heterocycles. The average molecular weight is 445 g/mol. The van der Waals surface area contributed by atoms with E-state index < -0.39 is 0 Å². The highest BCUT2D eigenvalue weighted by Gasteiger charge is 2.31. The number of anilines is 1. The maximum Gasteiger partial charge on any atom is 0.262 e. The minimum absolute atomic E-state index is 0.00948. The second kappa shape index (κ2) is 9.06. The predicted molar refractivity (Wildman–Crippen MR) is 124 cm³/mol. The number of nitrogens with zero attached hydrogens (tertiary/aromatic N) is 1. The second-order valence-electron chi connectivity index (χ2n) is 8.62. The van der Waals surface area contributed by atoms with E-state index in [0.29, 0.717) is 36.0 Å². The van der Waals surface area contributed by atoms with Gasteiger partial charge in [0.1, 0.15) is 11.6 Å². The molecular weight excluding hydrogens is 419 g/mol. The Labute approximate surface area is 192 Å². The summed E-state index contributed by atoms with van der Waals surface area (Å²) in [4.78, 5) is 26.6. The fraction of sp³-hybridized carbons (Fsp3) is 0.259. The van der Waals surface area contributed by atoms with E-state index in [0.717, 1.165) is 18.4 Å². The van der Waals surface area contributed by atoms with Gasteiger partial charge in [-0.2, -0.15) is 0 Å². The lowest BCUT2D eigenvalue weighted by molar-refractivity contribution is -0.118. The van der Waals surface area contributed by atoms with Crippen molar-refractivity contribution in [1.29, 1.82) is 0 Å². The molecular formula is C27H25FN2O3. The SMILES string of the molecule is O=C1COc2ccc(C(=O)N3CCC([C@@H](c4ccccc4)c4ccc(F)cc4)CC3)cc2N1. The van der Waals surface area contributed by atoms with Crippen molar-refractivity contribution in [1.82, 2.24) is 4.90 Å². The van der Waals surface area contributed by atoms with E-state index in [1.807, 2.05) is 35.2 Å². The molecule has 168 valence electrons. The summed E-state index contributed by atoms with van der Waals surface area (Å²) >= 11 is 0. The highest BCUT2D eigenvalue weighted by molar-refractivity contribution is 5.99. The van der Waals surface area contributed by atoms with Crippen LogP contribution in [-0.4, -0.2) is 36.4 Å². The van der Waals surface area contributed by atoms with Crippen LogP contribution < -0.4 is 10.1 Å². The number of hydrogen-bond donors (Lipinski definition) is 1. The molecule has 0 bridgehead atoms. The molecule has 5 rings (SSSR count). The summed E-state index contributed by atoms with van der Waals surface area (Å²) in [5.41, 5.74) is 3.38. The topological polar surface area (TPSA) is 58.6 Å². The van der Waals surface area contributed by atoms with Gasteiger partial charge < -0.3 is 15.0 Å². The molecule has 3 aromatic carbocycles.